The van der Waals surface area contributed by atoms with Crippen LogP contribution in [0, 0.1) is 6.92 Å². The van der Waals surface area contributed by atoms with Gasteiger partial charge in [-0.15, -0.1) is 25.2 Å². The minimum Gasteiger partial charge on any atom is -0.372 e. The Morgan fingerprint density at radius 3 is 2.50 bits per heavy atom. The number of alkyl halides is 3. The van der Waals surface area contributed by atoms with Gasteiger partial charge >= 0.3 is 5.51 Å². The topological polar surface area (TPSA) is 89.4 Å². The van der Waals surface area contributed by atoms with Crippen LogP contribution in [-0.2, 0) is 7.05 Å². The summed E-state index contributed by atoms with van der Waals surface area (Å²) >= 11 is -0.342. The summed E-state index contributed by atoms with van der Waals surface area (Å²) in [6.45, 7) is 7.67. The van der Waals surface area contributed by atoms with Crippen molar-refractivity contribution in [2.45, 2.75) is 26.3 Å². The Morgan fingerprint density at radius 1 is 1.16 bits per heavy atom. The van der Waals surface area contributed by atoms with Crippen LogP contribution in [-0.4, -0.2) is 59.0 Å². The number of halogens is 3. The number of nitrogens with zero attached hydrogens (tertiary/aromatic N) is 9. The number of hydrogen-bond donors (Lipinski definition) is 0. The average molecular weight is 463 g/mol. The van der Waals surface area contributed by atoms with Crippen LogP contribution in [0.5, 0.6) is 0 Å². The predicted octanol–water partition coefficient (Wildman–Crippen LogP) is 3.78. The van der Waals surface area contributed by atoms with Crippen molar-refractivity contribution in [2.75, 3.05) is 18.0 Å². The Morgan fingerprint density at radius 2 is 1.91 bits per heavy atom. The number of benzene rings is 1. The van der Waals surface area contributed by atoms with Crippen molar-refractivity contribution in [1.29, 1.82) is 0 Å². The molecule has 0 bridgehead atoms. The monoisotopic (exact) mass is 463 g/mol. The molecular weight excluding hydrogens is 443 g/mol. The molecule has 2 aromatic heterocycles. The van der Waals surface area contributed by atoms with Crippen molar-refractivity contribution in [3.05, 3.63) is 35.9 Å². The lowest BCUT2D eigenvalue weighted by molar-refractivity contribution is -0.0315. The van der Waals surface area contributed by atoms with Crippen LogP contribution in [0.1, 0.15) is 25.2 Å². The van der Waals surface area contributed by atoms with Crippen molar-refractivity contribution in [1.82, 2.24) is 29.6 Å². The van der Waals surface area contributed by atoms with E-state index in [-0.39, 0.29) is 34.2 Å². The fourth-order valence-corrected chi connectivity index (χ4v) is 3.85. The largest absolute Gasteiger partial charge is 0.447 e. The second-order valence-electron chi connectivity index (χ2n) is 6.97. The van der Waals surface area contributed by atoms with E-state index in [4.69, 9.17) is 0 Å². The van der Waals surface area contributed by atoms with E-state index in [2.05, 4.69) is 49.1 Å². The van der Waals surface area contributed by atoms with E-state index < -0.39 is 5.51 Å². The Bertz CT molecular complexity index is 1210. The zero-order chi connectivity index (χ0) is 23.0. The summed E-state index contributed by atoms with van der Waals surface area (Å²) in [7, 11) is 1.71. The average Bonchev–Trinajstić information content (AvgIpc) is 3.39. The summed E-state index contributed by atoms with van der Waals surface area (Å²) in [6, 6.07) is 5.65. The van der Waals surface area contributed by atoms with Crippen LogP contribution in [0.25, 0.3) is 11.6 Å². The molecule has 168 valence electrons. The fourth-order valence-electron chi connectivity index (χ4n) is 3.28. The molecule has 0 fully saturated rings. The molecule has 0 spiro atoms. The zero-order valence-corrected chi connectivity index (χ0v) is 18.6. The second-order valence-corrected chi connectivity index (χ2v) is 8.02. The van der Waals surface area contributed by atoms with Gasteiger partial charge in [-0.25, -0.2) is 9.98 Å². The van der Waals surface area contributed by atoms with Gasteiger partial charge in [-0.2, -0.15) is 13.2 Å². The van der Waals surface area contributed by atoms with E-state index in [1.54, 1.807) is 17.7 Å². The molecule has 0 saturated carbocycles. The lowest BCUT2D eigenvalue weighted by Crippen LogP contribution is -2.21. The van der Waals surface area contributed by atoms with Crippen molar-refractivity contribution >= 4 is 33.9 Å². The molecule has 1 aliphatic heterocycles. The van der Waals surface area contributed by atoms with Gasteiger partial charge in [-0.05, 0) is 44.5 Å². The van der Waals surface area contributed by atoms with E-state index in [9.17, 15) is 13.2 Å². The fraction of sp³-hybridized carbons (Fsp3) is 0.368. The third-order valence-corrected chi connectivity index (χ3v) is 5.56. The first kappa shape index (κ1) is 22.0. The van der Waals surface area contributed by atoms with Gasteiger partial charge in [0.25, 0.3) is 0 Å². The first-order valence-electron chi connectivity index (χ1n) is 9.81. The Hall–Kier alpha value is -3.22. The zero-order valence-electron chi connectivity index (χ0n) is 17.8. The van der Waals surface area contributed by atoms with E-state index in [0.717, 1.165) is 29.1 Å². The molecule has 0 saturated heterocycles. The maximum absolute atomic E-state index is 13.2. The number of fused-ring (bicyclic) bond motifs is 1. The van der Waals surface area contributed by atoms with Crippen molar-refractivity contribution in [3.63, 3.8) is 0 Å². The van der Waals surface area contributed by atoms with Crippen LogP contribution >= 0.6 is 11.8 Å². The van der Waals surface area contributed by atoms with Gasteiger partial charge in [0.05, 0.1) is 5.69 Å². The smallest absolute Gasteiger partial charge is 0.372 e. The maximum Gasteiger partial charge on any atom is 0.447 e. The predicted molar refractivity (Wildman–Crippen MR) is 117 cm³/mol. The minimum atomic E-state index is -4.53. The third kappa shape index (κ3) is 4.24. The van der Waals surface area contributed by atoms with Gasteiger partial charge in [0.15, 0.2) is 5.04 Å². The van der Waals surface area contributed by atoms with E-state index in [0.29, 0.717) is 11.5 Å². The second kappa shape index (κ2) is 8.37. The molecule has 1 aliphatic rings. The summed E-state index contributed by atoms with van der Waals surface area (Å²) in [4.78, 5) is 12.1. The van der Waals surface area contributed by atoms with Gasteiger partial charge in [-0.3, -0.25) is 0 Å². The molecule has 3 heterocycles. The first-order valence-corrected chi connectivity index (χ1v) is 10.6. The molecule has 13 heteroatoms. The molecule has 1 aromatic carbocycles. The molecule has 0 radical (unpaired) electrons. The molecule has 0 amide bonds. The van der Waals surface area contributed by atoms with Crippen molar-refractivity contribution in [2.24, 2.45) is 17.1 Å². The maximum atomic E-state index is 13.2. The van der Waals surface area contributed by atoms with Crippen LogP contribution in [0.4, 0.5) is 24.5 Å². The SMILES string of the molecule is CCN(CC)c1ccc(/N=C2/C(SC(F)(F)F)=Nn3nc(-c4nncn4C)nc32)c(C)c1. The number of anilines is 1. The summed E-state index contributed by atoms with van der Waals surface area (Å²) in [6.07, 6.45) is 1.48. The lowest BCUT2D eigenvalue weighted by atomic mass is 10.1. The number of aliphatic imine (C=N–C) groups is 1. The van der Waals surface area contributed by atoms with Crippen molar-refractivity contribution in [3.8, 4) is 11.6 Å². The highest BCUT2D eigenvalue weighted by atomic mass is 32.2. The Labute approximate surface area is 186 Å². The molecule has 0 N–H and O–H groups in total. The minimum absolute atomic E-state index is 0.00642. The number of rotatable bonds is 5. The normalized spacial score (nSPS) is 14.7. The Kier molecular flexibility index (Phi) is 5.75. The highest BCUT2D eigenvalue weighted by Gasteiger charge is 2.38. The first-order chi connectivity index (χ1) is 15.2. The van der Waals surface area contributed by atoms with Gasteiger partial charge in [-0.1, -0.05) is 0 Å². The molecular formula is C19H20F3N9S. The number of aromatic nitrogens is 6. The van der Waals surface area contributed by atoms with E-state index in [1.807, 2.05) is 19.1 Å². The van der Waals surface area contributed by atoms with E-state index in [1.165, 1.54) is 6.33 Å². The summed E-state index contributed by atoms with van der Waals surface area (Å²) in [5.74, 6) is 0.675. The van der Waals surface area contributed by atoms with Gasteiger partial charge in [0.2, 0.25) is 17.5 Å². The van der Waals surface area contributed by atoms with Gasteiger partial charge in [0.1, 0.15) is 12.0 Å². The van der Waals surface area contributed by atoms with Crippen molar-refractivity contribution < 1.29 is 13.2 Å². The third-order valence-electron chi connectivity index (χ3n) is 4.86. The van der Waals surface area contributed by atoms with Crippen LogP contribution < -0.4 is 4.90 Å². The molecule has 9 nitrogen and oxygen atoms in total. The van der Waals surface area contributed by atoms with Crippen LogP contribution in [0.15, 0.2) is 34.6 Å². The molecule has 4 rings (SSSR count). The molecule has 0 unspecified atom stereocenters. The summed E-state index contributed by atoms with van der Waals surface area (Å²) in [5, 5.41) is 15.6. The molecule has 0 aliphatic carbocycles. The van der Waals surface area contributed by atoms with E-state index >= 15 is 0 Å². The number of hydrogen-bond acceptors (Lipinski definition) is 8. The Balaban J connectivity index is 1.78. The standard InChI is InChI=1S/C19H20F3N9S/c1-5-30(6-2)12-7-8-13(11(3)9-12)24-14-16-25-15(17-26-23-10-29(17)4)27-31(16)28-18(14)32-19(20,21)22/h7-10H,5-6H2,1-4H3/b24-14+. The highest BCUT2D eigenvalue weighted by molar-refractivity contribution is 8.16. The molecule has 0 atom stereocenters. The summed E-state index contributed by atoms with van der Waals surface area (Å²) in [5.41, 5.74) is -2.15. The van der Waals surface area contributed by atoms with Gasteiger partial charge in [0, 0.05) is 37.6 Å². The summed E-state index contributed by atoms with van der Waals surface area (Å²) < 4.78 is 41.1. The van der Waals surface area contributed by atoms with Crippen LogP contribution in [0.3, 0.4) is 0 Å². The number of aryl methyl sites for hydroxylation is 2. The molecule has 3 aromatic rings. The van der Waals surface area contributed by atoms with Crippen LogP contribution in [0.2, 0.25) is 0 Å². The highest BCUT2D eigenvalue weighted by Crippen LogP contribution is 2.36. The number of thioether (sulfide) groups is 1. The lowest BCUT2D eigenvalue weighted by Gasteiger charge is -2.21. The van der Waals surface area contributed by atoms with Gasteiger partial charge < -0.3 is 9.47 Å². The quantitative estimate of drug-likeness (QED) is 0.572. The molecule has 32 heavy (non-hydrogen) atoms.